The number of amides is 1. The highest BCUT2D eigenvalue weighted by molar-refractivity contribution is 7.18. The van der Waals surface area contributed by atoms with Gasteiger partial charge in [0.25, 0.3) is 5.91 Å². The second-order valence-electron chi connectivity index (χ2n) is 4.97. The molecule has 1 aromatic heterocycles. The van der Waals surface area contributed by atoms with Crippen molar-refractivity contribution in [3.63, 3.8) is 0 Å². The van der Waals surface area contributed by atoms with E-state index in [1.54, 1.807) is 0 Å². The smallest absolute Gasteiger partial charge is 0.263 e. The van der Waals surface area contributed by atoms with Crippen molar-refractivity contribution >= 4 is 27.9 Å². The van der Waals surface area contributed by atoms with Gasteiger partial charge in [0.2, 0.25) is 0 Å². The van der Waals surface area contributed by atoms with Gasteiger partial charge >= 0.3 is 0 Å². The van der Waals surface area contributed by atoms with Crippen molar-refractivity contribution in [3.05, 3.63) is 10.9 Å². The van der Waals surface area contributed by atoms with Crippen LogP contribution in [0.25, 0.3) is 0 Å². The standard InChI is InChI=1S/C12H17N3OS/c13-9-5-10(14-6-7-1-2-7)17-11(9)12(16)15-8-3-4-8/h5,7-8,14H,1-4,6,13H2,(H,15,16). The lowest BCUT2D eigenvalue weighted by Gasteiger charge is -2.01. The van der Waals surface area contributed by atoms with Crippen molar-refractivity contribution in [2.24, 2.45) is 5.92 Å². The minimum absolute atomic E-state index is 0.0190. The molecule has 0 radical (unpaired) electrons. The summed E-state index contributed by atoms with van der Waals surface area (Å²) in [6, 6.07) is 2.25. The van der Waals surface area contributed by atoms with Crippen LogP contribution in [0.5, 0.6) is 0 Å². The van der Waals surface area contributed by atoms with Crippen molar-refractivity contribution in [3.8, 4) is 0 Å². The van der Waals surface area contributed by atoms with Crippen LogP contribution in [0.1, 0.15) is 35.4 Å². The zero-order valence-corrected chi connectivity index (χ0v) is 10.5. The zero-order chi connectivity index (χ0) is 11.8. The largest absolute Gasteiger partial charge is 0.397 e. The van der Waals surface area contributed by atoms with Gasteiger partial charge in [0, 0.05) is 12.6 Å². The van der Waals surface area contributed by atoms with Gasteiger partial charge in [-0.2, -0.15) is 0 Å². The Bertz CT molecular complexity index is 435. The van der Waals surface area contributed by atoms with Crippen molar-refractivity contribution in [1.29, 1.82) is 0 Å². The second-order valence-corrected chi connectivity index (χ2v) is 6.02. The minimum atomic E-state index is -0.0190. The van der Waals surface area contributed by atoms with E-state index in [-0.39, 0.29) is 5.91 Å². The number of carbonyl (C=O) groups is 1. The molecule has 1 amide bonds. The van der Waals surface area contributed by atoms with Crippen molar-refractivity contribution in [1.82, 2.24) is 5.32 Å². The quantitative estimate of drug-likeness (QED) is 0.750. The van der Waals surface area contributed by atoms with E-state index in [0.717, 1.165) is 30.3 Å². The maximum atomic E-state index is 11.9. The lowest BCUT2D eigenvalue weighted by Crippen LogP contribution is -2.25. The average molecular weight is 251 g/mol. The summed E-state index contributed by atoms with van der Waals surface area (Å²) in [7, 11) is 0. The molecule has 0 aromatic carbocycles. The fourth-order valence-electron chi connectivity index (χ4n) is 1.72. The molecule has 17 heavy (non-hydrogen) atoms. The summed E-state index contributed by atoms with van der Waals surface area (Å²) in [5.74, 6) is 0.802. The third kappa shape index (κ3) is 2.72. The molecule has 1 aromatic rings. The van der Waals surface area contributed by atoms with Gasteiger partial charge in [-0.3, -0.25) is 4.79 Å². The molecule has 4 nitrogen and oxygen atoms in total. The molecule has 4 N–H and O–H groups in total. The van der Waals surface area contributed by atoms with Crippen LogP contribution in [-0.4, -0.2) is 18.5 Å². The third-order valence-electron chi connectivity index (χ3n) is 3.14. The number of rotatable bonds is 5. The maximum absolute atomic E-state index is 11.9. The molecule has 92 valence electrons. The normalized spacial score (nSPS) is 19.1. The van der Waals surface area contributed by atoms with Crippen LogP contribution in [0.3, 0.4) is 0 Å². The summed E-state index contributed by atoms with van der Waals surface area (Å²) < 4.78 is 0. The Kier molecular flexibility index (Phi) is 2.70. The summed E-state index contributed by atoms with van der Waals surface area (Å²) >= 11 is 1.46. The molecule has 2 fully saturated rings. The Morgan fingerprint density at radius 3 is 2.82 bits per heavy atom. The number of nitrogen functional groups attached to an aromatic ring is 1. The number of carbonyl (C=O) groups excluding carboxylic acids is 1. The molecule has 1 heterocycles. The Balaban J connectivity index is 1.63. The molecule has 2 aliphatic rings. The number of nitrogens with two attached hydrogens (primary N) is 1. The summed E-state index contributed by atoms with van der Waals surface area (Å²) in [4.78, 5) is 12.5. The van der Waals surface area contributed by atoms with Gasteiger partial charge in [0.05, 0.1) is 10.7 Å². The van der Waals surface area contributed by atoms with Gasteiger partial charge in [-0.15, -0.1) is 11.3 Å². The Labute approximate surface area is 105 Å². The van der Waals surface area contributed by atoms with Crippen LogP contribution in [0, 0.1) is 5.92 Å². The van der Waals surface area contributed by atoms with E-state index >= 15 is 0 Å². The first-order chi connectivity index (χ1) is 8.22. The summed E-state index contributed by atoms with van der Waals surface area (Å²) in [6.07, 6.45) is 4.85. The van der Waals surface area contributed by atoms with Crippen molar-refractivity contribution in [2.45, 2.75) is 31.7 Å². The highest BCUT2D eigenvalue weighted by atomic mass is 32.1. The predicted molar refractivity (Wildman–Crippen MR) is 70.4 cm³/mol. The van der Waals surface area contributed by atoms with Gasteiger partial charge in [0.15, 0.2) is 0 Å². The van der Waals surface area contributed by atoms with Crippen molar-refractivity contribution < 1.29 is 4.79 Å². The number of hydrogen-bond donors (Lipinski definition) is 3. The zero-order valence-electron chi connectivity index (χ0n) is 9.66. The van der Waals surface area contributed by atoms with Gasteiger partial charge in [-0.05, 0) is 37.7 Å². The molecule has 2 saturated carbocycles. The van der Waals surface area contributed by atoms with Crippen LogP contribution in [0.2, 0.25) is 0 Å². The summed E-state index contributed by atoms with van der Waals surface area (Å²) in [6.45, 7) is 1.00. The fourth-order valence-corrected chi connectivity index (χ4v) is 2.60. The topological polar surface area (TPSA) is 67.1 Å². The first kappa shape index (κ1) is 10.9. The van der Waals surface area contributed by atoms with Crippen LogP contribution < -0.4 is 16.4 Å². The molecular formula is C12H17N3OS. The number of anilines is 2. The molecule has 0 unspecified atom stereocenters. The summed E-state index contributed by atoms with van der Waals surface area (Å²) in [5.41, 5.74) is 6.46. The molecule has 0 atom stereocenters. The number of nitrogens with one attached hydrogen (secondary N) is 2. The molecule has 0 bridgehead atoms. The van der Waals surface area contributed by atoms with E-state index in [4.69, 9.17) is 5.73 Å². The number of thiophene rings is 1. The van der Waals surface area contributed by atoms with E-state index in [2.05, 4.69) is 10.6 Å². The Hall–Kier alpha value is -1.23. The third-order valence-corrected chi connectivity index (χ3v) is 4.25. The highest BCUT2D eigenvalue weighted by Gasteiger charge is 2.26. The molecule has 5 heteroatoms. The summed E-state index contributed by atoms with van der Waals surface area (Å²) in [5, 5.41) is 7.32. The van der Waals surface area contributed by atoms with Crippen LogP contribution in [0.4, 0.5) is 10.7 Å². The molecule has 0 aliphatic heterocycles. The lowest BCUT2D eigenvalue weighted by molar-refractivity contribution is 0.0956. The Morgan fingerprint density at radius 1 is 1.41 bits per heavy atom. The first-order valence-electron chi connectivity index (χ1n) is 6.16. The van der Waals surface area contributed by atoms with Crippen LogP contribution in [0.15, 0.2) is 6.07 Å². The molecule has 0 saturated heterocycles. The second kappa shape index (κ2) is 4.22. The first-order valence-corrected chi connectivity index (χ1v) is 6.98. The molecule has 3 rings (SSSR count). The molecule has 0 spiro atoms. The Morgan fingerprint density at radius 2 is 2.18 bits per heavy atom. The molecular weight excluding hydrogens is 234 g/mol. The maximum Gasteiger partial charge on any atom is 0.263 e. The minimum Gasteiger partial charge on any atom is -0.397 e. The predicted octanol–water partition coefficient (Wildman–Crippen LogP) is 2.04. The monoisotopic (exact) mass is 251 g/mol. The number of hydrogen-bond acceptors (Lipinski definition) is 4. The van der Waals surface area contributed by atoms with Crippen molar-refractivity contribution in [2.75, 3.05) is 17.6 Å². The van der Waals surface area contributed by atoms with Gasteiger partial charge in [0.1, 0.15) is 4.88 Å². The van der Waals surface area contributed by atoms with E-state index in [9.17, 15) is 4.79 Å². The fraction of sp³-hybridized carbons (Fsp3) is 0.583. The van der Waals surface area contributed by atoms with Gasteiger partial charge < -0.3 is 16.4 Å². The lowest BCUT2D eigenvalue weighted by atomic mass is 10.3. The van der Waals surface area contributed by atoms with Crippen LogP contribution in [-0.2, 0) is 0 Å². The van der Waals surface area contributed by atoms with Gasteiger partial charge in [-0.25, -0.2) is 0 Å². The van der Waals surface area contributed by atoms with E-state index < -0.39 is 0 Å². The van der Waals surface area contributed by atoms with E-state index in [0.29, 0.717) is 16.6 Å². The SMILES string of the molecule is Nc1cc(NCC2CC2)sc1C(=O)NC1CC1. The van der Waals surface area contributed by atoms with Gasteiger partial charge in [-0.1, -0.05) is 0 Å². The molecule has 2 aliphatic carbocycles. The van der Waals surface area contributed by atoms with E-state index in [1.807, 2.05) is 6.07 Å². The van der Waals surface area contributed by atoms with Crippen LogP contribution >= 0.6 is 11.3 Å². The highest BCUT2D eigenvalue weighted by Crippen LogP contribution is 2.33. The van der Waals surface area contributed by atoms with E-state index in [1.165, 1.54) is 24.2 Å². The average Bonchev–Trinajstić information content (AvgIpc) is 3.18.